The Kier molecular flexibility index (Phi) is 1.94. The van der Waals surface area contributed by atoms with Gasteiger partial charge >= 0.3 is 0 Å². The second-order valence-corrected chi connectivity index (χ2v) is 4.59. The fourth-order valence-electron chi connectivity index (χ4n) is 1.23. The number of aliphatic hydroxyl groups excluding tert-OH is 1. The largest absolute Gasteiger partial charge is 0.390 e. The van der Waals surface area contributed by atoms with Crippen LogP contribution in [0.2, 0.25) is 0 Å². The second kappa shape index (κ2) is 2.87. The van der Waals surface area contributed by atoms with E-state index in [0.29, 0.717) is 5.69 Å². The molecule has 1 atom stereocenters. The number of thioether (sulfide) groups is 1. The van der Waals surface area contributed by atoms with E-state index < -0.39 is 4.99 Å². The molecule has 2 heterocycles. The van der Waals surface area contributed by atoms with Crippen molar-refractivity contribution in [2.75, 3.05) is 5.32 Å². The lowest BCUT2D eigenvalue weighted by molar-refractivity contribution is 0.276. The Morgan fingerprint density at radius 2 is 2.46 bits per heavy atom. The molecule has 0 amide bonds. The minimum Gasteiger partial charge on any atom is -0.390 e. The third-order valence-corrected chi connectivity index (χ3v) is 2.80. The van der Waals surface area contributed by atoms with Crippen LogP contribution < -0.4 is 11.1 Å². The smallest absolute Gasteiger partial charge is 0.137 e. The molecule has 13 heavy (non-hydrogen) atoms. The molecular formula is C8H11N3OS. The normalized spacial score (nSPS) is 25.5. The third kappa shape index (κ3) is 1.63. The maximum atomic E-state index is 8.88. The maximum Gasteiger partial charge on any atom is 0.137 e. The van der Waals surface area contributed by atoms with Crippen molar-refractivity contribution >= 4 is 17.4 Å². The Bertz CT molecular complexity index is 340. The molecule has 4 N–H and O–H groups in total. The minimum atomic E-state index is -0.483. The molecule has 0 saturated carbocycles. The molecule has 0 fully saturated rings. The van der Waals surface area contributed by atoms with Crippen LogP contribution in [0, 0.1) is 0 Å². The molecule has 0 aliphatic carbocycles. The molecule has 1 aliphatic rings. The van der Waals surface area contributed by atoms with Gasteiger partial charge in [-0.2, -0.15) is 0 Å². The standard InChI is InChI=1S/C8H11N3OS/c1-8(9)11-6-3-2-5(4-12)10-7(6)13-8/h2-3,11-12H,4,9H2,1H3. The van der Waals surface area contributed by atoms with E-state index >= 15 is 0 Å². The van der Waals surface area contributed by atoms with Crippen LogP contribution >= 0.6 is 11.8 Å². The van der Waals surface area contributed by atoms with E-state index in [-0.39, 0.29) is 6.61 Å². The molecule has 1 aromatic heterocycles. The molecule has 5 heteroatoms. The highest BCUT2D eigenvalue weighted by Crippen LogP contribution is 2.40. The lowest BCUT2D eigenvalue weighted by atomic mass is 10.3. The number of fused-ring (bicyclic) bond motifs is 1. The van der Waals surface area contributed by atoms with Gasteiger partial charge in [0.15, 0.2) is 0 Å². The van der Waals surface area contributed by atoms with Crippen molar-refractivity contribution in [3.05, 3.63) is 17.8 Å². The zero-order valence-corrected chi connectivity index (χ0v) is 8.06. The Morgan fingerprint density at radius 1 is 1.69 bits per heavy atom. The zero-order valence-electron chi connectivity index (χ0n) is 7.24. The number of nitrogens with zero attached hydrogens (tertiary/aromatic N) is 1. The van der Waals surface area contributed by atoms with Gasteiger partial charge in [-0.1, -0.05) is 11.8 Å². The first-order valence-electron chi connectivity index (χ1n) is 3.97. The van der Waals surface area contributed by atoms with E-state index in [9.17, 15) is 0 Å². The predicted octanol–water partition coefficient (Wildman–Crippen LogP) is 0.724. The van der Waals surface area contributed by atoms with Gasteiger partial charge in [0.25, 0.3) is 0 Å². The number of rotatable bonds is 1. The Morgan fingerprint density at radius 3 is 3.15 bits per heavy atom. The SMILES string of the molecule is CC1(N)Nc2ccc(CO)nc2S1. The topological polar surface area (TPSA) is 71.2 Å². The van der Waals surface area contributed by atoms with Crippen molar-refractivity contribution in [1.29, 1.82) is 0 Å². The van der Waals surface area contributed by atoms with E-state index in [1.165, 1.54) is 11.8 Å². The van der Waals surface area contributed by atoms with Crippen LogP contribution in [0.5, 0.6) is 0 Å². The van der Waals surface area contributed by atoms with Gasteiger partial charge in [0, 0.05) is 0 Å². The number of hydrogen-bond donors (Lipinski definition) is 3. The number of pyridine rings is 1. The summed E-state index contributed by atoms with van der Waals surface area (Å²) in [4.78, 5) is 3.76. The predicted molar refractivity (Wildman–Crippen MR) is 52.2 cm³/mol. The van der Waals surface area contributed by atoms with Crippen molar-refractivity contribution in [1.82, 2.24) is 4.98 Å². The van der Waals surface area contributed by atoms with E-state index in [1.807, 2.05) is 13.0 Å². The van der Waals surface area contributed by atoms with Crippen LogP contribution in [0.15, 0.2) is 17.2 Å². The van der Waals surface area contributed by atoms with Crippen LogP contribution in [0.3, 0.4) is 0 Å². The molecule has 0 saturated heterocycles. The number of hydrogen-bond acceptors (Lipinski definition) is 5. The molecule has 0 aromatic carbocycles. The quantitative estimate of drug-likeness (QED) is 0.619. The third-order valence-electron chi connectivity index (χ3n) is 1.77. The molecular weight excluding hydrogens is 186 g/mol. The fourth-order valence-corrected chi connectivity index (χ4v) is 2.19. The highest BCUT2D eigenvalue weighted by atomic mass is 32.2. The number of nitrogens with one attached hydrogen (secondary N) is 1. The lowest BCUT2D eigenvalue weighted by Crippen LogP contribution is -2.37. The van der Waals surface area contributed by atoms with Crippen molar-refractivity contribution in [3.63, 3.8) is 0 Å². The molecule has 0 spiro atoms. The second-order valence-electron chi connectivity index (χ2n) is 3.15. The van der Waals surface area contributed by atoms with Crippen LogP contribution in [0.25, 0.3) is 0 Å². The zero-order chi connectivity index (χ0) is 9.47. The van der Waals surface area contributed by atoms with Gasteiger partial charge in [-0.25, -0.2) is 4.98 Å². The first kappa shape index (κ1) is 8.80. The van der Waals surface area contributed by atoms with Crippen molar-refractivity contribution in [3.8, 4) is 0 Å². The van der Waals surface area contributed by atoms with E-state index in [1.54, 1.807) is 6.07 Å². The molecule has 2 rings (SSSR count). The van der Waals surface area contributed by atoms with Crippen LogP contribution in [-0.4, -0.2) is 15.1 Å². The number of nitrogens with two attached hydrogens (primary N) is 1. The number of anilines is 1. The first-order chi connectivity index (χ1) is 6.11. The van der Waals surface area contributed by atoms with Crippen LogP contribution in [0.4, 0.5) is 5.69 Å². The highest BCUT2D eigenvalue weighted by Gasteiger charge is 2.30. The van der Waals surface area contributed by atoms with Crippen molar-refractivity contribution < 1.29 is 5.11 Å². The summed E-state index contributed by atoms with van der Waals surface area (Å²) in [6, 6.07) is 3.67. The molecule has 4 nitrogen and oxygen atoms in total. The van der Waals surface area contributed by atoms with Gasteiger partial charge in [0.2, 0.25) is 0 Å². The van der Waals surface area contributed by atoms with Gasteiger partial charge in [-0.05, 0) is 19.1 Å². The average molecular weight is 197 g/mol. The molecule has 1 aromatic rings. The average Bonchev–Trinajstić information content (AvgIpc) is 2.36. The molecule has 70 valence electrons. The summed E-state index contributed by atoms with van der Waals surface area (Å²) in [5, 5.41) is 12.9. The molecule has 1 aliphatic heterocycles. The Balaban J connectivity index is 2.36. The number of aliphatic hydroxyl groups is 1. The van der Waals surface area contributed by atoms with Crippen molar-refractivity contribution in [2.45, 2.75) is 23.6 Å². The van der Waals surface area contributed by atoms with E-state index in [2.05, 4.69) is 10.3 Å². The van der Waals surface area contributed by atoms with Gasteiger partial charge in [0.05, 0.1) is 18.0 Å². The molecule has 1 unspecified atom stereocenters. The summed E-state index contributed by atoms with van der Waals surface area (Å²) in [6.45, 7) is 1.85. The highest BCUT2D eigenvalue weighted by molar-refractivity contribution is 8.01. The Hall–Kier alpha value is -0.780. The number of aromatic nitrogens is 1. The first-order valence-corrected chi connectivity index (χ1v) is 4.79. The van der Waals surface area contributed by atoms with E-state index in [4.69, 9.17) is 10.8 Å². The minimum absolute atomic E-state index is 0.0326. The monoisotopic (exact) mass is 197 g/mol. The molecule has 0 radical (unpaired) electrons. The summed E-state index contributed by atoms with van der Waals surface area (Å²) >= 11 is 1.47. The van der Waals surface area contributed by atoms with Crippen molar-refractivity contribution in [2.24, 2.45) is 5.73 Å². The van der Waals surface area contributed by atoms with E-state index in [0.717, 1.165) is 10.7 Å². The summed E-state index contributed by atoms with van der Waals surface area (Å²) in [5.74, 6) is 0. The summed E-state index contributed by atoms with van der Waals surface area (Å²) in [6.07, 6.45) is 0. The lowest BCUT2D eigenvalue weighted by Gasteiger charge is -2.16. The fraction of sp³-hybridized carbons (Fsp3) is 0.375. The molecule has 0 bridgehead atoms. The van der Waals surface area contributed by atoms with Crippen LogP contribution in [0.1, 0.15) is 12.6 Å². The maximum absolute atomic E-state index is 8.88. The summed E-state index contributed by atoms with van der Waals surface area (Å²) < 4.78 is 0. The van der Waals surface area contributed by atoms with Gasteiger partial charge in [0.1, 0.15) is 10.0 Å². The van der Waals surface area contributed by atoms with Gasteiger partial charge < -0.3 is 16.2 Å². The Labute approximate surface area is 80.5 Å². The van der Waals surface area contributed by atoms with Crippen LogP contribution in [-0.2, 0) is 6.61 Å². The summed E-state index contributed by atoms with van der Waals surface area (Å²) in [7, 11) is 0. The summed E-state index contributed by atoms with van der Waals surface area (Å²) in [5.41, 5.74) is 7.48. The van der Waals surface area contributed by atoms with Gasteiger partial charge in [-0.3, -0.25) is 0 Å². The van der Waals surface area contributed by atoms with Gasteiger partial charge in [-0.15, -0.1) is 0 Å².